The van der Waals surface area contributed by atoms with Crippen LogP contribution in [0.25, 0.3) is 0 Å². The molecule has 0 amide bonds. The number of Topliss-reactive ketones (excluding diaryl/α,β-unsaturated/α-hetero) is 1. The molecule has 0 spiro atoms. The van der Waals surface area contributed by atoms with Gasteiger partial charge >= 0.3 is 11.9 Å². The first-order valence-electron chi connectivity index (χ1n) is 14.8. The molecule has 0 aromatic heterocycles. The van der Waals surface area contributed by atoms with E-state index < -0.39 is 17.5 Å². The molecule has 0 saturated heterocycles. The predicted octanol–water partition coefficient (Wildman–Crippen LogP) is 7.77. The maximum atomic E-state index is 11.4. The molecule has 0 aliphatic carbocycles. The standard InChI is InChI=1S/C10H12O2.C8H10O4.2C7H6O.2C3H8O.3CH4/c1-10(2,12)9(11)8-6-4-3-5-7-8;1-3-7(9)11-5-6-12-8(10)4-2;2*8-6-7-4-2-1-3-5-7;2*1-3(2)4;;;/h3-7,12H,1-2H3;3-4H,1-2,5-6H2;2*1-6H;2*3-4H,1-2H3;3*1H4. The largest absolute Gasteiger partial charge is 0.459 e. The maximum absolute atomic E-state index is 11.4. The number of rotatable bonds is 9. The summed E-state index contributed by atoms with van der Waals surface area (Å²) in [6.07, 6.45) is 3.41. The van der Waals surface area contributed by atoms with Gasteiger partial charge < -0.3 is 24.8 Å². The molecule has 0 aliphatic heterocycles. The molecule has 0 aliphatic rings. The number of aliphatic hydroxyl groups is 3. The van der Waals surface area contributed by atoms with Gasteiger partial charge in [0.1, 0.15) is 31.4 Å². The molecule has 3 aromatic carbocycles. The molecule has 0 saturated carbocycles. The van der Waals surface area contributed by atoms with Crippen molar-refractivity contribution in [3.63, 3.8) is 0 Å². The molecule has 3 aromatic rings. The van der Waals surface area contributed by atoms with Crippen molar-refractivity contribution in [1.29, 1.82) is 0 Å². The molecule has 0 atom stereocenters. The molecule has 3 rings (SSSR count). The fourth-order valence-corrected chi connectivity index (χ4v) is 2.41. The fraction of sp³-hybridized carbons (Fsp3) is 0.341. The molecule has 0 radical (unpaired) electrons. The van der Waals surface area contributed by atoms with E-state index in [1.807, 2.05) is 42.5 Å². The Labute approximate surface area is 306 Å². The van der Waals surface area contributed by atoms with Gasteiger partial charge in [-0.05, 0) is 41.5 Å². The highest BCUT2D eigenvalue weighted by Gasteiger charge is 2.24. The third-order valence-electron chi connectivity index (χ3n) is 4.37. The average Bonchev–Trinajstić information content (AvgIpc) is 3.07. The smallest absolute Gasteiger partial charge is 0.330 e. The molecule has 0 unspecified atom stereocenters. The first kappa shape index (κ1) is 58.2. The Morgan fingerprint density at radius 3 is 1.08 bits per heavy atom. The molecule has 0 fully saturated rings. The van der Waals surface area contributed by atoms with Crippen molar-refractivity contribution in [2.75, 3.05) is 13.2 Å². The van der Waals surface area contributed by atoms with E-state index in [1.54, 1.807) is 76.2 Å². The summed E-state index contributed by atoms with van der Waals surface area (Å²) in [5, 5.41) is 25.5. The predicted molar refractivity (Wildman–Crippen MR) is 208 cm³/mol. The van der Waals surface area contributed by atoms with Gasteiger partial charge in [0.05, 0.1) is 0 Å². The van der Waals surface area contributed by atoms with Crippen molar-refractivity contribution in [1.82, 2.24) is 0 Å². The summed E-state index contributed by atoms with van der Waals surface area (Å²) >= 11 is 0. The number of hydrogen-bond donors (Lipinski definition) is 3. The van der Waals surface area contributed by atoms with Crippen LogP contribution >= 0.6 is 0 Å². The number of ketones is 1. The first-order valence-corrected chi connectivity index (χ1v) is 14.8. The van der Waals surface area contributed by atoms with E-state index in [2.05, 4.69) is 22.6 Å². The number of esters is 2. The Hall–Kier alpha value is -5.03. The van der Waals surface area contributed by atoms with Crippen LogP contribution in [-0.2, 0) is 19.1 Å². The number of aliphatic hydroxyl groups excluding tert-OH is 2. The Bertz CT molecular complexity index is 1210. The van der Waals surface area contributed by atoms with Crippen molar-refractivity contribution in [3.05, 3.63) is 133 Å². The molecule has 0 heterocycles. The summed E-state index contributed by atoms with van der Waals surface area (Å²) in [7, 11) is 0. The van der Waals surface area contributed by atoms with Crippen molar-refractivity contribution >= 4 is 30.3 Å². The number of carbonyl (C=O) groups excluding carboxylic acids is 5. The average molecular weight is 715 g/mol. The van der Waals surface area contributed by atoms with Crippen molar-refractivity contribution in [3.8, 4) is 0 Å². The molecular formula is C41H62O10. The zero-order chi connectivity index (χ0) is 37.4. The lowest BCUT2D eigenvalue weighted by Crippen LogP contribution is -2.30. The Morgan fingerprint density at radius 2 is 0.882 bits per heavy atom. The molecule has 51 heavy (non-hydrogen) atoms. The van der Waals surface area contributed by atoms with Crippen LogP contribution in [-0.4, -0.2) is 76.6 Å². The molecular weight excluding hydrogens is 652 g/mol. The van der Waals surface area contributed by atoms with Gasteiger partial charge in [-0.3, -0.25) is 14.4 Å². The van der Waals surface area contributed by atoms with Gasteiger partial charge in [-0.2, -0.15) is 0 Å². The second kappa shape index (κ2) is 37.8. The Morgan fingerprint density at radius 1 is 0.627 bits per heavy atom. The highest BCUT2D eigenvalue weighted by Crippen LogP contribution is 2.11. The number of carbonyl (C=O) groups is 5. The highest BCUT2D eigenvalue weighted by atomic mass is 16.6. The van der Waals surface area contributed by atoms with E-state index in [0.717, 1.165) is 35.9 Å². The van der Waals surface area contributed by atoms with Crippen LogP contribution in [0.5, 0.6) is 0 Å². The summed E-state index contributed by atoms with van der Waals surface area (Å²) in [4.78, 5) is 52.3. The van der Waals surface area contributed by atoms with Crippen LogP contribution in [0.2, 0.25) is 0 Å². The zero-order valence-corrected chi connectivity index (χ0v) is 28.7. The van der Waals surface area contributed by atoms with Gasteiger partial charge in [0.25, 0.3) is 0 Å². The van der Waals surface area contributed by atoms with E-state index in [9.17, 15) is 29.1 Å². The van der Waals surface area contributed by atoms with Crippen LogP contribution < -0.4 is 0 Å². The fourth-order valence-electron chi connectivity index (χ4n) is 2.41. The summed E-state index contributed by atoms with van der Waals surface area (Å²) in [5.41, 5.74) is 0.728. The minimum atomic E-state index is -1.28. The second-order valence-corrected chi connectivity index (χ2v) is 10.2. The van der Waals surface area contributed by atoms with Crippen molar-refractivity contribution in [2.45, 2.75) is 81.6 Å². The number of aldehydes is 2. The third-order valence-corrected chi connectivity index (χ3v) is 4.37. The van der Waals surface area contributed by atoms with Crippen LogP contribution in [0.4, 0.5) is 0 Å². The summed E-state index contributed by atoms with van der Waals surface area (Å²) in [6.45, 7) is 16.3. The van der Waals surface area contributed by atoms with Crippen LogP contribution in [0.3, 0.4) is 0 Å². The second-order valence-electron chi connectivity index (χ2n) is 10.2. The zero-order valence-electron chi connectivity index (χ0n) is 28.7. The van der Waals surface area contributed by atoms with E-state index in [1.165, 1.54) is 13.8 Å². The summed E-state index contributed by atoms with van der Waals surface area (Å²) in [5.74, 6) is -1.32. The number of hydrogen-bond acceptors (Lipinski definition) is 10. The van der Waals surface area contributed by atoms with Gasteiger partial charge in [0, 0.05) is 41.1 Å². The molecule has 10 heteroatoms. The lowest BCUT2D eigenvalue weighted by atomic mass is 9.97. The van der Waals surface area contributed by atoms with E-state index in [4.69, 9.17) is 10.2 Å². The third kappa shape index (κ3) is 42.9. The van der Waals surface area contributed by atoms with Gasteiger partial charge in [0.2, 0.25) is 0 Å². The summed E-state index contributed by atoms with van der Waals surface area (Å²) < 4.78 is 9.04. The van der Waals surface area contributed by atoms with E-state index in [0.29, 0.717) is 5.56 Å². The van der Waals surface area contributed by atoms with Gasteiger partial charge in [-0.25, -0.2) is 9.59 Å². The highest BCUT2D eigenvalue weighted by molar-refractivity contribution is 6.01. The lowest BCUT2D eigenvalue weighted by Gasteiger charge is -2.14. The van der Waals surface area contributed by atoms with E-state index >= 15 is 0 Å². The minimum Gasteiger partial charge on any atom is -0.459 e. The summed E-state index contributed by atoms with van der Waals surface area (Å²) in [6, 6.07) is 27.0. The molecule has 10 nitrogen and oxygen atoms in total. The van der Waals surface area contributed by atoms with Gasteiger partial charge in [0.15, 0.2) is 5.78 Å². The topological polar surface area (TPSA) is 164 Å². The van der Waals surface area contributed by atoms with Crippen molar-refractivity contribution < 1.29 is 48.8 Å². The van der Waals surface area contributed by atoms with Crippen LogP contribution in [0.1, 0.15) is 94.9 Å². The Balaban J connectivity index is -0.000000123. The minimum absolute atomic E-state index is 0. The Kier molecular flexibility index (Phi) is 43.1. The first-order chi connectivity index (χ1) is 22.5. The van der Waals surface area contributed by atoms with Crippen molar-refractivity contribution in [2.24, 2.45) is 0 Å². The molecule has 3 N–H and O–H groups in total. The van der Waals surface area contributed by atoms with Gasteiger partial charge in [-0.15, -0.1) is 0 Å². The van der Waals surface area contributed by atoms with Crippen LogP contribution in [0.15, 0.2) is 116 Å². The molecule has 0 bridgehead atoms. The number of ether oxygens (including phenoxy) is 2. The quantitative estimate of drug-likeness (QED) is 0.0656. The normalized spacial score (nSPS) is 8.69. The monoisotopic (exact) mass is 714 g/mol. The van der Waals surface area contributed by atoms with Crippen LogP contribution in [0, 0.1) is 0 Å². The molecule has 286 valence electrons. The number of benzene rings is 3. The van der Waals surface area contributed by atoms with Gasteiger partial charge in [-0.1, -0.05) is 126 Å². The maximum Gasteiger partial charge on any atom is 0.330 e. The van der Waals surface area contributed by atoms with E-state index in [-0.39, 0.29) is 53.5 Å². The SMILES string of the molecule is C.C.C.C=CC(=O)OCCOC(=O)C=C.CC(C)(O)C(=O)c1ccccc1.CC(C)O.CC(C)O.O=Cc1ccccc1.O=Cc1ccccc1. The lowest BCUT2D eigenvalue weighted by molar-refractivity contribution is -0.146.